The highest BCUT2D eigenvalue weighted by Gasteiger charge is 2.31. The summed E-state index contributed by atoms with van der Waals surface area (Å²) >= 11 is 0. The van der Waals surface area contributed by atoms with Gasteiger partial charge in [0.05, 0.1) is 0 Å². The van der Waals surface area contributed by atoms with Crippen molar-refractivity contribution < 1.29 is 17.9 Å². The molecule has 0 aromatic heterocycles. The van der Waals surface area contributed by atoms with Gasteiger partial charge in [-0.05, 0) is 49.7 Å². The van der Waals surface area contributed by atoms with Crippen LogP contribution >= 0.6 is 0 Å². The van der Waals surface area contributed by atoms with Crippen LogP contribution < -0.4 is 15.4 Å². The van der Waals surface area contributed by atoms with Gasteiger partial charge in [-0.25, -0.2) is 0 Å². The van der Waals surface area contributed by atoms with Crippen molar-refractivity contribution in [3.8, 4) is 16.9 Å². The van der Waals surface area contributed by atoms with E-state index < -0.39 is 6.36 Å². The SMILES string of the molecule is CCN(CC)c1ccc(N)cc1-c1ccc(OC(F)(F)F)cc1. The van der Waals surface area contributed by atoms with Gasteiger partial charge in [0.2, 0.25) is 0 Å². The van der Waals surface area contributed by atoms with E-state index in [1.807, 2.05) is 32.0 Å². The van der Waals surface area contributed by atoms with E-state index in [1.165, 1.54) is 12.1 Å². The third-order valence-corrected chi connectivity index (χ3v) is 3.52. The van der Waals surface area contributed by atoms with Crippen molar-refractivity contribution in [2.75, 3.05) is 23.7 Å². The van der Waals surface area contributed by atoms with Crippen molar-refractivity contribution in [2.24, 2.45) is 0 Å². The summed E-state index contributed by atoms with van der Waals surface area (Å²) in [6, 6.07) is 11.4. The zero-order valence-electron chi connectivity index (χ0n) is 13.0. The van der Waals surface area contributed by atoms with Crippen LogP contribution in [0.1, 0.15) is 13.8 Å². The van der Waals surface area contributed by atoms with Crippen molar-refractivity contribution in [3.05, 3.63) is 42.5 Å². The third-order valence-electron chi connectivity index (χ3n) is 3.52. The molecule has 0 spiro atoms. The Morgan fingerprint density at radius 3 is 2.13 bits per heavy atom. The minimum atomic E-state index is -4.69. The van der Waals surface area contributed by atoms with Crippen molar-refractivity contribution in [3.63, 3.8) is 0 Å². The maximum Gasteiger partial charge on any atom is 0.573 e. The van der Waals surface area contributed by atoms with E-state index in [9.17, 15) is 13.2 Å². The lowest BCUT2D eigenvalue weighted by molar-refractivity contribution is -0.274. The first-order valence-corrected chi connectivity index (χ1v) is 7.34. The molecule has 0 unspecified atom stereocenters. The van der Waals surface area contributed by atoms with Gasteiger partial charge in [0.15, 0.2) is 0 Å². The Hall–Kier alpha value is -2.37. The molecule has 0 bridgehead atoms. The summed E-state index contributed by atoms with van der Waals surface area (Å²) in [5, 5.41) is 0. The predicted molar refractivity (Wildman–Crippen MR) is 86.5 cm³/mol. The van der Waals surface area contributed by atoms with Gasteiger partial charge in [-0.2, -0.15) is 0 Å². The molecule has 2 N–H and O–H groups in total. The van der Waals surface area contributed by atoms with Gasteiger partial charge in [-0.3, -0.25) is 0 Å². The molecule has 2 aromatic rings. The molecule has 2 aromatic carbocycles. The maximum absolute atomic E-state index is 12.2. The Labute approximate surface area is 133 Å². The highest BCUT2D eigenvalue weighted by atomic mass is 19.4. The molecule has 3 nitrogen and oxygen atoms in total. The van der Waals surface area contributed by atoms with E-state index in [-0.39, 0.29) is 5.75 Å². The molecule has 0 fully saturated rings. The van der Waals surface area contributed by atoms with Crippen LogP contribution in [0.25, 0.3) is 11.1 Å². The Kier molecular flexibility index (Phi) is 5.03. The molecule has 0 saturated carbocycles. The molecule has 6 heteroatoms. The van der Waals surface area contributed by atoms with Crippen LogP contribution in [-0.4, -0.2) is 19.5 Å². The molecule has 0 amide bonds. The van der Waals surface area contributed by atoms with Gasteiger partial charge in [0, 0.05) is 30.0 Å². The van der Waals surface area contributed by atoms with E-state index in [4.69, 9.17) is 5.73 Å². The molecule has 0 aliphatic heterocycles. The van der Waals surface area contributed by atoms with Crippen molar-refractivity contribution in [1.82, 2.24) is 0 Å². The number of halogens is 3. The molecule has 124 valence electrons. The van der Waals surface area contributed by atoms with Crippen LogP contribution in [-0.2, 0) is 0 Å². The Bertz CT molecular complexity index is 650. The number of benzene rings is 2. The van der Waals surface area contributed by atoms with Crippen LogP contribution in [0.2, 0.25) is 0 Å². The van der Waals surface area contributed by atoms with Gasteiger partial charge in [-0.1, -0.05) is 12.1 Å². The summed E-state index contributed by atoms with van der Waals surface area (Å²) < 4.78 is 40.6. The van der Waals surface area contributed by atoms with Gasteiger partial charge >= 0.3 is 6.36 Å². The van der Waals surface area contributed by atoms with Crippen LogP contribution in [0, 0.1) is 0 Å². The monoisotopic (exact) mass is 324 g/mol. The highest BCUT2D eigenvalue weighted by Crippen LogP contribution is 2.34. The normalized spacial score (nSPS) is 11.3. The topological polar surface area (TPSA) is 38.5 Å². The Morgan fingerprint density at radius 2 is 1.61 bits per heavy atom. The fourth-order valence-electron chi connectivity index (χ4n) is 2.46. The summed E-state index contributed by atoms with van der Waals surface area (Å²) in [7, 11) is 0. The molecule has 0 heterocycles. The summed E-state index contributed by atoms with van der Waals surface area (Å²) in [6.45, 7) is 5.74. The average Bonchev–Trinajstić information content (AvgIpc) is 2.49. The molecule has 23 heavy (non-hydrogen) atoms. The van der Waals surface area contributed by atoms with E-state index >= 15 is 0 Å². The lowest BCUT2D eigenvalue weighted by Gasteiger charge is -2.24. The van der Waals surface area contributed by atoms with Crippen molar-refractivity contribution in [1.29, 1.82) is 0 Å². The quantitative estimate of drug-likeness (QED) is 0.812. The standard InChI is InChI=1S/C17H19F3N2O/c1-3-22(4-2)16-10-7-13(21)11-15(16)12-5-8-14(9-6-12)23-17(18,19)20/h5-11H,3-4,21H2,1-2H3. The number of alkyl halides is 3. The molecule has 0 aliphatic rings. The van der Waals surface area contributed by atoms with E-state index in [2.05, 4.69) is 9.64 Å². The number of hydrogen-bond donors (Lipinski definition) is 1. The summed E-state index contributed by atoms with van der Waals surface area (Å²) in [4.78, 5) is 2.16. The van der Waals surface area contributed by atoms with Gasteiger partial charge in [0.1, 0.15) is 5.75 Å². The maximum atomic E-state index is 12.2. The summed E-state index contributed by atoms with van der Waals surface area (Å²) in [5.74, 6) is -0.241. The smallest absolute Gasteiger partial charge is 0.406 e. The minimum absolute atomic E-state index is 0.241. The number of anilines is 2. The molecule has 2 rings (SSSR count). The zero-order valence-corrected chi connectivity index (χ0v) is 13.0. The number of nitrogen functional groups attached to an aromatic ring is 1. The molecule has 0 saturated heterocycles. The van der Waals surface area contributed by atoms with Crippen LogP contribution in [0.4, 0.5) is 24.5 Å². The first-order valence-electron chi connectivity index (χ1n) is 7.34. The fraction of sp³-hybridized carbons (Fsp3) is 0.294. The lowest BCUT2D eigenvalue weighted by Crippen LogP contribution is -2.22. The fourth-order valence-corrected chi connectivity index (χ4v) is 2.46. The largest absolute Gasteiger partial charge is 0.573 e. The van der Waals surface area contributed by atoms with E-state index in [0.29, 0.717) is 5.69 Å². The van der Waals surface area contributed by atoms with E-state index in [0.717, 1.165) is 29.9 Å². The number of rotatable bonds is 5. The van der Waals surface area contributed by atoms with Gasteiger partial charge in [0.25, 0.3) is 0 Å². The van der Waals surface area contributed by atoms with Crippen LogP contribution in [0.3, 0.4) is 0 Å². The summed E-state index contributed by atoms with van der Waals surface area (Å²) in [6.07, 6.45) is -4.69. The van der Waals surface area contributed by atoms with Crippen LogP contribution in [0.15, 0.2) is 42.5 Å². The summed E-state index contributed by atoms with van der Waals surface area (Å²) in [5.41, 5.74) is 9.13. The van der Waals surface area contributed by atoms with Gasteiger partial charge in [-0.15, -0.1) is 13.2 Å². The first kappa shape index (κ1) is 17.0. The Balaban J connectivity index is 2.39. The second kappa shape index (κ2) is 6.81. The average molecular weight is 324 g/mol. The van der Waals surface area contributed by atoms with Crippen LogP contribution in [0.5, 0.6) is 5.75 Å². The number of nitrogens with zero attached hydrogens (tertiary/aromatic N) is 1. The number of hydrogen-bond acceptors (Lipinski definition) is 3. The second-order valence-corrected chi connectivity index (χ2v) is 5.02. The number of nitrogens with two attached hydrogens (primary N) is 1. The lowest BCUT2D eigenvalue weighted by atomic mass is 10.0. The highest BCUT2D eigenvalue weighted by molar-refractivity contribution is 5.81. The van der Waals surface area contributed by atoms with Crippen molar-refractivity contribution in [2.45, 2.75) is 20.2 Å². The minimum Gasteiger partial charge on any atom is -0.406 e. The third kappa shape index (κ3) is 4.31. The Morgan fingerprint density at radius 1 is 1.00 bits per heavy atom. The molecule has 0 atom stereocenters. The van der Waals surface area contributed by atoms with E-state index in [1.54, 1.807) is 12.1 Å². The van der Waals surface area contributed by atoms with Gasteiger partial charge < -0.3 is 15.4 Å². The molecular weight excluding hydrogens is 305 g/mol. The molecular formula is C17H19F3N2O. The zero-order chi connectivity index (χ0) is 17.0. The molecule has 0 radical (unpaired) electrons. The number of ether oxygens (including phenoxy) is 1. The molecule has 0 aliphatic carbocycles. The second-order valence-electron chi connectivity index (χ2n) is 5.02. The van der Waals surface area contributed by atoms with Crippen molar-refractivity contribution >= 4 is 11.4 Å². The predicted octanol–water partition coefficient (Wildman–Crippen LogP) is 4.68. The first-order chi connectivity index (χ1) is 10.8.